The van der Waals surface area contributed by atoms with Gasteiger partial charge in [0, 0.05) is 25.1 Å². The van der Waals surface area contributed by atoms with Gasteiger partial charge in [-0.25, -0.2) is 0 Å². The summed E-state index contributed by atoms with van der Waals surface area (Å²) in [5.74, 6) is 0.522. The number of furan rings is 1. The summed E-state index contributed by atoms with van der Waals surface area (Å²) in [4.78, 5) is 30.2. The molecule has 2 amide bonds. The van der Waals surface area contributed by atoms with Crippen LogP contribution in [0.5, 0.6) is 5.75 Å². The number of fused-ring (bicyclic) bond motifs is 1. The van der Waals surface area contributed by atoms with Crippen molar-refractivity contribution in [3.63, 3.8) is 0 Å². The van der Waals surface area contributed by atoms with E-state index in [-0.39, 0.29) is 23.6 Å². The lowest BCUT2D eigenvalue weighted by Crippen LogP contribution is -2.53. The van der Waals surface area contributed by atoms with Crippen molar-refractivity contribution < 1.29 is 18.7 Å². The van der Waals surface area contributed by atoms with Crippen LogP contribution < -0.4 is 10.1 Å². The maximum absolute atomic E-state index is 13.4. The summed E-state index contributed by atoms with van der Waals surface area (Å²) in [6, 6.07) is 18.3. The van der Waals surface area contributed by atoms with E-state index in [1.54, 1.807) is 24.1 Å². The van der Waals surface area contributed by atoms with Crippen LogP contribution in [0.4, 0.5) is 0 Å². The lowest BCUT2D eigenvalue weighted by Gasteiger charge is -2.36. The first-order valence-corrected chi connectivity index (χ1v) is 11.0. The lowest BCUT2D eigenvalue weighted by atomic mass is 9.93. The number of ether oxygens (including phenoxy) is 1. The second-order valence-electron chi connectivity index (χ2n) is 8.37. The zero-order chi connectivity index (χ0) is 23.4. The van der Waals surface area contributed by atoms with E-state index < -0.39 is 6.04 Å². The number of rotatable bonds is 7. The van der Waals surface area contributed by atoms with Gasteiger partial charge in [0.05, 0.1) is 19.4 Å². The molecule has 2 aromatic carbocycles. The van der Waals surface area contributed by atoms with Crippen LogP contribution in [-0.2, 0) is 17.8 Å². The van der Waals surface area contributed by atoms with Gasteiger partial charge in [0.25, 0.3) is 5.91 Å². The summed E-state index contributed by atoms with van der Waals surface area (Å²) in [5, 5.41) is 3.08. The van der Waals surface area contributed by atoms with Crippen LogP contribution in [0.15, 0.2) is 71.3 Å². The van der Waals surface area contributed by atoms with Crippen LogP contribution in [0.1, 0.15) is 33.3 Å². The van der Waals surface area contributed by atoms with Crippen LogP contribution in [0.25, 0.3) is 0 Å². The SMILES string of the molecule is COc1ccccc1C(CNC(=O)C1Cc2ccccc2CN1C(=O)c1ccco1)N(C)C. The second kappa shape index (κ2) is 9.92. The highest BCUT2D eigenvalue weighted by atomic mass is 16.5. The number of carbonyl (C=O) groups excluding carboxylic acids is 2. The monoisotopic (exact) mass is 447 g/mol. The van der Waals surface area contributed by atoms with Crippen LogP contribution in [0.2, 0.25) is 0 Å². The molecular weight excluding hydrogens is 418 g/mol. The van der Waals surface area contributed by atoms with E-state index in [0.717, 1.165) is 22.4 Å². The molecule has 0 spiro atoms. The number of hydrogen-bond donors (Lipinski definition) is 1. The third-order valence-electron chi connectivity index (χ3n) is 6.13. The van der Waals surface area contributed by atoms with Gasteiger partial charge in [0.2, 0.25) is 5.91 Å². The van der Waals surface area contributed by atoms with Gasteiger partial charge in [0.1, 0.15) is 11.8 Å². The van der Waals surface area contributed by atoms with Gasteiger partial charge < -0.3 is 24.3 Å². The van der Waals surface area contributed by atoms with Gasteiger partial charge in [-0.1, -0.05) is 42.5 Å². The Hall–Kier alpha value is -3.58. The molecule has 4 rings (SSSR count). The van der Waals surface area contributed by atoms with Crippen molar-refractivity contribution in [2.24, 2.45) is 0 Å². The smallest absolute Gasteiger partial charge is 0.290 e. The van der Waals surface area contributed by atoms with Gasteiger partial charge in [-0.15, -0.1) is 0 Å². The lowest BCUT2D eigenvalue weighted by molar-refractivity contribution is -0.126. The summed E-state index contributed by atoms with van der Waals surface area (Å²) in [6.45, 7) is 0.741. The van der Waals surface area contributed by atoms with Gasteiger partial charge >= 0.3 is 0 Å². The second-order valence-corrected chi connectivity index (χ2v) is 8.37. The van der Waals surface area contributed by atoms with Crippen molar-refractivity contribution >= 4 is 11.8 Å². The standard InChI is InChI=1S/C26H29N3O4/c1-28(2)22(20-11-6-7-12-23(20)32-3)16-27-25(30)21-15-18-9-4-5-10-19(18)17-29(21)26(31)24-13-8-14-33-24/h4-14,21-22H,15-17H2,1-3H3,(H,27,30). The molecule has 1 aliphatic rings. The predicted molar refractivity (Wildman–Crippen MR) is 125 cm³/mol. The third-order valence-corrected chi connectivity index (χ3v) is 6.13. The Labute approximate surface area is 193 Å². The molecule has 0 saturated heterocycles. The number of hydrogen-bond acceptors (Lipinski definition) is 5. The van der Waals surface area contributed by atoms with Crippen molar-refractivity contribution in [3.05, 3.63) is 89.4 Å². The fourth-order valence-electron chi connectivity index (χ4n) is 4.34. The molecule has 0 fully saturated rings. The molecule has 3 aromatic rings. The van der Waals surface area contributed by atoms with E-state index in [1.165, 1.54) is 6.26 Å². The Kier molecular flexibility index (Phi) is 6.79. The summed E-state index contributed by atoms with van der Waals surface area (Å²) in [5.41, 5.74) is 3.11. The Morgan fingerprint density at radius 1 is 1.09 bits per heavy atom. The molecule has 0 aliphatic carbocycles. The van der Waals surface area contributed by atoms with Gasteiger partial charge in [0.15, 0.2) is 5.76 Å². The van der Waals surface area contributed by atoms with Crippen molar-refractivity contribution in [1.82, 2.24) is 15.1 Å². The highest BCUT2D eigenvalue weighted by Gasteiger charge is 2.36. The quantitative estimate of drug-likeness (QED) is 0.602. The zero-order valence-corrected chi connectivity index (χ0v) is 19.2. The number of carbonyl (C=O) groups is 2. The van der Waals surface area contributed by atoms with E-state index in [4.69, 9.17) is 9.15 Å². The maximum Gasteiger partial charge on any atom is 0.290 e. The summed E-state index contributed by atoms with van der Waals surface area (Å²) >= 11 is 0. The van der Waals surface area contributed by atoms with E-state index >= 15 is 0 Å². The fourth-order valence-corrected chi connectivity index (χ4v) is 4.34. The predicted octanol–water partition coefficient (Wildman–Crippen LogP) is 3.27. The number of likely N-dealkylation sites (N-methyl/N-ethyl adjacent to an activating group) is 1. The summed E-state index contributed by atoms with van der Waals surface area (Å²) in [6.07, 6.45) is 1.92. The van der Waals surface area contributed by atoms with Crippen molar-refractivity contribution in [2.45, 2.75) is 25.0 Å². The number of para-hydroxylation sites is 1. The fraction of sp³-hybridized carbons (Fsp3) is 0.308. The average Bonchev–Trinajstić information content (AvgIpc) is 3.38. The molecule has 7 nitrogen and oxygen atoms in total. The molecule has 2 unspecified atom stereocenters. The number of amides is 2. The summed E-state index contributed by atoms with van der Waals surface area (Å²) < 4.78 is 10.9. The van der Waals surface area contributed by atoms with Crippen molar-refractivity contribution in [2.75, 3.05) is 27.7 Å². The molecule has 0 radical (unpaired) electrons. The third kappa shape index (κ3) is 4.78. The molecule has 2 atom stereocenters. The Balaban J connectivity index is 1.56. The topological polar surface area (TPSA) is 75.0 Å². The first-order chi connectivity index (χ1) is 16.0. The minimum absolute atomic E-state index is 0.0878. The van der Waals surface area contributed by atoms with Crippen LogP contribution in [0.3, 0.4) is 0 Å². The normalized spacial score (nSPS) is 16.2. The van der Waals surface area contributed by atoms with E-state index in [1.807, 2.05) is 67.5 Å². The molecule has 33 heavy (non-hydrogen) atoms. The Bertz CT molecular complexity index is 1110. The Morgan fingerprint density at radius 2 is 1.82 bits per heavy atom. The number of nitrogens with zero attached hydrogens (tertiary/aromatic N) is 2. The largest absolute Gasteiger partial charge is 0.496 e. The molecule has 0 saturated carbocycles. The van der Waals surface area contributed by atoms with Crippen LogP contribution in [0, 0.1) is 0 Å². The van der Waals surface area contributed by atoms with E-state index in [0.29, 0.717) is 19.5 Å². The first-order valence-electron chi connectivity index (χ1n) is 11.0. The minimum atomic E-state index is -0.627. The molecular formula is C26H29N3O4. The molecule has 172 valence electrons. The van der Waals surface area contributed by atoms with E-state index in [2.05, 4.69) is 5.32 Å². The highest BCUT2D eigenvalue weighted by Crippen LogP contribution is 2.28. The summed E-state index contributed by atoms with van der Waals surface area (Å²) in [7, 11) is 5.57. The molecule has 0 bridgehead atoms. The number of benzene rings is 2. The van der Waals surface area contributed by atoms with Gasteiger partial charge in [-0.3, -0.25) is 9.59 Å². The van der Waals surface area contributed by atoms with E-state index in [9.17, 15) is 9.59 Å². The minimum Gasteiger partial charge on any atom is -0.496 e. The van der Waals surface area contributed by atoms with Gasteiger partial charge in [-0.2, -0.15) is 0 Å². The molecule has 1 N–H and O–H groups in total. The number of nitrogens with one attached hydrogen (secondary N) is 1. The van der Waals surface area contributed by atoms with Crippen LogP contribution >= 0.6 is 0 Å². The molecule has 2 heterocycles. The van der Waals surface area contributed by atoms with Crippen molar-refractivity contribution in [1.29, 1.82) is 0 Å². The zero-order valence-electron chi connectivity index (χ0n) is 19.2. The average molecular weight is 448 g/mol. The molecule has 1 aliphatic heterocycles. The Morgan fingerprint density at radius 3 is 2.52 bits per heavy atom. The highest BCUT2D eigenvalue weighted by molar-refractivity contribution is 5.96. The first kappa shape index (κ1) is 22.6. The molecule has 7 heteroatoms. The van der Waals surface area contributed by atoms with Crippen LogP contribution in [-0.4, -0.2) is 55.4 Å². The van der Waals surface area contributed by atoms with Gasteiger partial charge in [-0.05, 0) is 43.4 Å². The number of methoxy groups -OCH3 is 1. The van der Waals surface area contributed by atoms with Crippen molar-refractivity contribution in [3.8, 4) is 5.75 Å². The molecule has 1 aromatic heterocycles. The maximum atomic E-state index is 13.4.